The van der Waals surface area contributed by atoms with Gasteiger partial charge in [-0.05, 0) is 32.7 Å². The van der Waals surface area contributed by atoms with E-state index in [-0.39, 0.29) is 0 Å². The van der Waals surface area contributed by atoms with Crippen LogP contribution in [-0.2, 0) is 13.6 Å². The molecule has 2 fully saturated rings. The number of fused-ring (bicyclic) bond motifs is 2. The van der Waals surface area contributed by atoms with Gasteiger partial charge in [0.2, 0.25) is 0 Å². The molecule has 2 saturated heterocycles. The fraction of sp³-hybridized carbons (Fsp3) is 0.769. The van der Waals surface area contributed by atoms with Crippen molar-refractivity contribution in [3.05, 3.63) is 18.0 Å². The Morgan fingerprint density at radius 3 is 2.71 bits per heavy atom. The summed E-state index contributed by atoms with van der Waals surface area (Å²) in [4.78, 5) is 2.50. The average molecular weight is 234 g/mol. The van der Waals surface area contributed by atoms with E-state index in [1.54, 1.807) is 0 Å². The minimum absolute atomic E-state index is 0.744. The van der Waals surface area contributed by atoms with Crippen molar-refractivity contribution in [2.24, 2.45) is 7.05 Å². The van der Waals surface area contributed by atoms with Crippen LogP contribution in [0.25, 0.3) is 0 Å². The molecular formula is C13H22N4. The molecule has 2 atom stereocenters. The molecule has 2 aliphatic heterocycles. The molecule has 4 nitrogen and oxygen atoms in total. The van der Waals surface area contributed by atoms with Crippen molar-refractivity contribution in [3.63, 3.8) is 0 Å². The molecule has 17 heavy (non-hydrogen) atoms. The molecule has 0 radical (unpaired) electrons. The molecule has 2 bridgehead atoms. The third-order valence-electron chi connectivity index (χ3n) is 4.26. The molecule has 2 unspecified atom stereocenters. The molecule has 0 aromatic carbocycles. The first-order valence-electron chi connectivity index (χ1n) is 6.64. The van der Waals surface area contributed by atoms with Crippen LogP contribution in [0.1, 0.15) is 31.2 Å². The second-order valence-electron chi connectivity index (χ2n) is 5.70. The molecule has 0 aliphatic carbocycles. The van der Waals surface area contributed by atoms with Gasteiger partial charge in [0.1, 0.15) is 0 Å². The normalized spacial score (nSPS) is 32.3. The molecule has 94 valence electrons. The first kappa shape index (κ1) is 11.2. The Bertz CT molecular complexity index is 375. The first-order chi connectivity index (χ1) is 8.20. The highest BCUT2D eigenvalue weighted by Gasteiger charge is 2.34. The molecule has 1 aromatic rings. The van der Waals surface area contributed by atoms with Crippen LogP contribution in [0.5, 0.6) is 0 Å². The van der Waals surface area contributed by atoms with E-state index >= 15 is 0 Å². The highest BCUT2D eigenvalue weighted by Crippen LogP contribution is 2.29. The lowest BCUT2D eigenvalue weighted by Crippen LogP contribution is -2.46. The van der Waals surface area contributed by atoms with E-state index < -0.39 is 0 Å². The topological polar surface area (TPSA) is 33.1 Å². The number of hydrogen-bond acceptors (Lipinski definition) is 3. The van der Waals surface area contributed by atoms with Crippen molar-refractivity contribution in [1.82, 2.24) is 20.0 Å². The summed E-state index contributed by atoms with van der Waals surface area (Å²) in [7, 11) is 4.23. The molecule has 0 amide bonds. The van der Waals surface area contributed by atoms with E-state index in [2.05, 4.69) is 28.6 Å². The van der Waals surface area contributed by atoms with Gasteiger partial charge < -0.3 is 5.32 Å². The highest BCUT2D eigenvalue weighted by molar-refractivity contribution is 5.04. The quantitative estimate of drug-likeness (QED) is 0.851. The zero-order valence-corrected chi connectivity index (χ0v) is 10.8. The van der Waals surface area contributed by atoms with Gasteiger partial charge in [0.15, 0.2) is 0 Å². The van der Waals surface area contributed by atoms with Crippen LogP contribution in [0.15, 0.2) is 12.4 Å². The van der Waals surface area contributed by atoms with Gasteiger partial charge in [0, 0.05) is 43.5 Å². The van der Waals surface area contributed by atoms with Gasteiger partial charge in [-0.25, -0.2) is 0 Å². The molecule has 0 saturated carbocycles. The lowest BCUT2D eigenvalue weighted by Gasteiger charge is -2.35. The van der Waals surface area contributed by atoms with E-state index in [9.17, 15) is 0 Å². The molecule has 0 spiro atoms. The van der Waals surface area contributed by atoms with Crippen LogP contribution < -0.4 is 5.32 Å². The highest BCUT2D eigenvalue weighted by atomic mass is 15.2. The summed E-state index contributed by atoms with van der Waals surface area (Å²) in [5.74, 6) is 0. The lowest BCUT2D eigenvalue weighted by molar-refractivity contribution is 0.166. The fourth-order valence-electron chi connectivity index (χ4n) is 3.36. The Kier molecular flexibility index (Phi) is 2.92. The minimum atomic E-state index is 0.744. The van der Waals surface area contributed by atoms with Crippen LogP contribution >= 0.6 is 0 Å². The van der Waals surface area contributed by atoms with Crippen molar-refractivity contribution >= 4 is 0 Å². The zero-order valence-electron chi connectivity index (χ0n) is 10.8. The Morgan fingerprint density at radius 2 is 2.12 bits per heavy atom. The molecule has 2 aliphatic rings. The van der Waals surface area contributed by atoms with E-state index in [1.807, 2.05) is 17.9 Å². The number of piperidine rings is 1. The largest absolute Gasteiger partial charge is 0.311 e. The van der Waals surface area contributed by atoms with Crippen LogP contribution in [0.2, 0.25) is 0 Å². The Hall–Kier alpha value is -0.870. The first-order valence-corrected chi connectivity index (χ1v) is 6.64. The van der Waals surface area contributed by atoms with Crippen molar-refractivity contribution in [3.8, 4) is 0 Å². The van der Waals surface area contributed by atoms with Crippen LogP contribution in [-0.4, -0.2) is 39.9 Å². The summed E-state index contributed by atoms with van der Waals surface area (Å²) in [6.07, 6.45) is 9.47. The Morgan fingerprint density at radius 1 is 1.41 bits per heavy atom. The summed E-state index contributed by atoms with van der Waals surface area (Å²) < 4.78 is 1.88. The number of aromatic nitrogens is 2. The summed E-state index contributed by atoms with van der Waals surface area (Å²) >= 11 is 0. The van der Waals surface area contributed by atoms with E-state index in [4.69, 9.17) is 0 Å². The fourth-order valence-corrected chi connectivity index (χ4v) is 3.36. The van der Waals surface area contributed by atoms with Crippen molar-refractivity contribution in [2.75, 3.05) is 7.05 Å². The number of nitrogens with one attached hydrogen (secondary N) is 1. The maximum atomic E-state index is 4.23. The number of hydrogen-bond donors (Lipinski definition) is 1. The van der Waals surface area contributed by atoms with Crippen LogP contribution in [0, 0.1) is 0 Å². The van der Waals surface area contributed by atoms with Gasteiger partial charge >= 0.3 is 0 Å². The summed E-state index contributed by atoms with van der Waals surface area (Å²) in [5, 5.41) is 7.93. The second kappa shape index (κ2) is 4.42. The number of rotatable bonds is 3. The predicted molar refractivity (Wildman–Crippen MR) is 67.6 cm³/mol. The lowest BCUT2D eigenvalue weighted by atomic mass is 9.98. The maximum Gasteiger partial charge on any atom is 0.0534 e. The monoisotopic (exact) mass is 234 g/mol. The van der Waals surface area contributed by atoms with Gasteiger partial charge in [-0.3, -0.25) is 9.58 Å². The number of nitrogens with zero attached hydrogens (tertiary/aromatic N) is 3. The molecule has 3 heterocycles. The van der Waals surface area contributed by atoms with Crippen molar-refractivity contribution in [2.45, 2.75) is 50.4 Å². The molecule has 1 N–H and O–H groups in total. The Labute approximate surface area is 103 Å². The standard InChI is InChI=1S/C13H22N4/c1-16(8-10-7-14-17(2)9-10)13-5-11-3-4-12(6-13)15-11/h7,9,11-13,15H,3-6,8H2,1-2H3. The van der Waals surface area contributed by atoms with Gasteiger partial charge in [0.05, 0.1) is 6.20 Å². The third kappa shape index (κ3) is 2.38. The van der Waals surface area contributed by atoms with E-state index in [0.29, 0.717) is 0 Å². The second-order valence-corrected chi connectivity index (χ2v) is 5.70. The van der Waals surface area contributed by atoms with E-state index in [0.717, 1.165) is 24.7 Å². The zero-order chi connectivity index (χ0) is 11.8. The Balaban J connectivity index is 1.60. The molecule has 1 aromatic heterocycles. The summed E-state index contributed by atoms with van der Waals surface area (Å²) in [6, 6.07) is 2.29. The van der Waals surface area contributed by atoms with Crippen molar-refractivity contribution in [1.29, 1.82) is 0 Å². The molecular weight excluding hydrogens is 212 g/mol. The average Bonchev–Trinajstić information content (AvgIpc) is 2.85. The van der Waals surface area contributed by atoms with Gasteiger partial charge in [-0.1, -0.05) is 0 Å². The molecule has 4 heteroatoms. The maximum absolute atomic E-state index is 4.23. The molecule has 3 rings (SSSR count). The van der Waals surface area contributed by atoms with Gasteiger partial charge in [0.25, 0.3) is 0 Å². The summed E-state index contributed by atoms with van der Waals surface area (Å²) in [5.41, 5.74) is 1.32. The van der Waals surface area contributed by atoms with Gasteiger partial charge in [-0.2, -0.15) is 5.10 Å². The van der Waals surface area contributed by atoms with Gasteiger partial charge in [-0.15, -0.1) is 0 Å². The number of aryl methyl sites for hydroxylation is 1. The summed E-state index contributed by atoms with van der Waals surface area (Å²) in [6.45, 7) is 1.03. The minimum Gasteiger partial charge on any atom is -0.311 e. The SMILES string of the molecule is CN(Cc1cnn(C)c1)C1CC2CCC(C1)N2. The third-order valence-corrected chi connectivity index (χ3v) is 4.26. The van der Waals surface area contributed by atoms with Crippen molar-refractivity contribution < 1.29 is 0 Å². The van der Waals surface area contributed by atoms with E-state index in [1.165, 1.54) is 31.2 Å². The van der Waals surface area contributed by atoms with Crippen LogP contribution in [0.4, 0.5) is 0 Å². The predicted octanol–water partition coefficient (Wildman–Crippen LogP) is 1.13. The smallest absolute Gasteiger partial charge is 0.0534 e. The van der Waals surface area contributed by atoms with Crippen LogP contribution in [0.3, 0.4) is 0 Å².